The number of pyridine rings is 1. The number of thioether (sulfide) groups is 1. The van der Waals surface area contributed by atoms with E-state index >= 15 is 0 Å². The van der Waals surface area contributed by atoms with Crippen LogP contribution in [0.4, 0.5) is 0 Å². The fourth-order valence-corrected chi connectivity index (χ4v) is 2.95. The van der Waals surface area contributed by atoms with E-state index in [4.69, 9.17) is 10.8 Å². The largest absolute Gasteiger partial charge is 0.505 e. The van der Waals surface area contributed by atoms with Crippen LogP contribution >= 0.6 is 11.8 Å². The highest BCUT2D eigenvalue weighted by Gasteiger charge is 2.19. The maximum absolute atomic E-state index is 12.8. The quantitative estimate of drug-likeness (QED) is 0.587. The predicted molar refractivity (Wildman–Crippen MR) is 93.4 cm³/mol. The zero-order valence-electron chi connectivity index (χ0n) is 12.8. The molecule has 0 aliphatic heterocycles. The highest BCUT2D eigenvalue weighted by atomic mass is 32.2. The Labute approximate surface area is 141 Å². The fourth-order valence-electron chi connectivity index (χ4n) is 2.51. The summed E-state index contributed by atoms with van der Waals surface area (Å²) in [5.74, 6) is -0.434. The number of benzene rings is 1. The topological polar surface area (TPSA) is 72.4 Å². The molecule has 0 saturated heterocycles. The van der Waals surface area contributed by atoms with E-state index in [9.17, 15) is 14.7 Å². The van der Waals surface area contributed by atoms with E-state index in [0.29, 0.717) is 24.0 Å². The second-order valence-corrected chi connectivity index (χ2v) is 6.04. The van der Waals surface area contributed by atoms with Crippen molar-refractivity contribution in [3.63, 3.8) is 0 Å². The van der Waals surface area contributed by atoms with Crippen molar-refractivity contribution in [2.45, 2.75) is 18.4 Å². The van der Waals surface area contributed by atoms with Crippen LogP contribution in [0.2, 0.25) is 0 Å². The van der Waals surface area contributed by atoms with Gasteiger partial charge in [0.2, 0.25) is 0 Å². The molecule has 0 unspecified atom stereocenters. The van der Waals surface area contributed by atoms with Crippen LogP contribution in [0.3, 0.4) is 0 Å². The Morgan fingerprint density at radius 2 is 2.00 bits per heavy atom. The summed E-state index contributed by atoms with van der Waals surface area (Å²) in [5, 5.41) is 12.5. The van der Waals surface area contributed by atoms with Crippen molar-refractivity contribution in [1.82, 2.24) is 4.57 Å². The van der Waals surface area contributed by atoms with Gasteiger partial charge in [-0.05, 0) is 29.5 Å². The van der Waals surface area contributed by atoms with E-state index in [1.54, 1.807) is 13.0 Å². The minimum Gasteiger partial charge on any atom is -0.505 e. The lowest BCUT2D eigenvalue weighted by molar-refractivity contribution is 0.445. The van der Waals surface area contributed by atoms with Crippen molar-refractivity contribution in [2.75, 3.05) is 0 Å². The highest BCUT2D eigenvalue weighted by molar-refractivity contribution is 8.04. The summed E-state index contributed by atoms with van der Waals surface area (Å²) in [5.41, 5.74) is 0.413. The molecule has 1 aromatic carbocycles. The molecule has 0 fully saturated rings. The number of aromatic nitrogens is 1. The molecular weight excluding hydrogens is 326 g/mol. The predicted octanol–water partition coefficient (Wildman–Crippen LogP) is 2.70. The lowest BCUT2D eigenvalue weighted by atomic mass is 10.2. The van der Waals surface area contributed by atoms with Crippen LogP contribution in [0, 0.1) is 18.6 Å². The number of fused-ring (bicyclic) bond motifs is 1. The summed E-state index contributed by atoms with van der Waals surface area (Å²) in [6.45, 7) is 2.09. The van der Waals surface area contributed by atoms with E-state index in [2.05, 4.69) is 5.25 Å². The molecule has 1 N–H and O–H groups in total. The van der Waals surface area contributed by atoms with E-state index in [1.165, 1.54) is 4.57 Å². The third kappa shape index (κ3) is 2.70. The Hall–Kier alpha value is -2.91. The van der Waals surface area contributed by atoms with Crippen molar-refractivity contribution in [3.8, 4) is 17.4 Å². The minimum absolute atomic E-state index is 0.0469. The monoisotopic (exact) mass is 339 g/mol. The molecule has 0 saturated carbocycles. The van der Waals surface area contributed by atoms with Crippen molar-refractivity contribution >= 4 is 22.7 Å². The standard InChI is InChI=1S/C18H13NO4S/c1-3-24-16-15(20)14-13(23-18(16)22)9-11(2)19(17(14)21)10-12-7-5-4-6-8-12/h1,4-9,20H,10H2,2H3. The van der Waals surface area contributed by atoms with Gasteiger partial charge >= 0.3 is 5.63 Å². The summed E-state index contributed by atoms with van der Waals surface area (Å²) < 4.78 is 6.66. The van der Waals surface area contributed by atoms with Crippen LogP contribution in [-0.4, -0.2) is 9.67 Å². The van der Waals surface area contributed by atoms with Crippen molar-refractivity contribution in [3.05, 3.63) is 68.4 Å². The Morgan fingerprint density at radius 3 is 2.67 bits per heavy atom. The van der Waals surface area contributed by atoms with Crippen LogP contribution < -0.4 is 11.2 Å². The molecule has 2 aromatic heterocycles. The second-order valence-electron chi connectivity index (χ2n) is 5.19. The van der Waals surface area contributed by atoms with Crippen LogP contribution in [0.15, 0.2) is 55.3 Å². The Bertz CT molecular complexity index is 1070. The summed E-state index contributed by atoms with van der Waals surface area (Å²) in [6, 6.07) is 11.0. The average molecular weight is 339 g/mol. The maximum Gasteiger partial charge on any atom is 0.354 e. The maximum atomic E-state index is 12.8. The van der Waals surface area contributed by atoms with Gasteiger partial charge in [-0.2, -0.15) is 0 Å². The Morgan fingerprint density at radius 1 is 1.29 bits per heavy atom. The molecule has 3 rings (SSSR count). The van der Waals surface area contributed by atoms with Gasteiger partial charge in [-0.3, -0.25) is 4.79 Å². The van der Waals surface area contributed by atoms with E-state index in [0.717, 1.165) is 5.56 Å². The number of nitrogens with zero attached hydrogens (tertiary/aromatic N) is 1. The molecule has 2 heterocycles. The first-order valence-corrected chi connectivity index (χ1v) is 7.91. The van der Waals surface area contributed by atoms with Gasteiger partial charge in [0.05, 0.1) is 6.54 Å². The van der Waals surface area contributed by atoms with Gasteiger partial charge in [-0.25, -0.2) is 4.79 Å². The zero-order valence-corrected chi connectivity index (χ0v) is 13.6. The van der Waals surface area contributed by atoms with Crippen molar-refractivity contribution < 1.29 is 9.52 Å². The molecule has 5 nitrogen and oxygen atoms in total. The molecule has 6 heteroatoms. The van der Waals surface area contributed by atoms with Gasteiger partial charge in [-0.15, -0.1) is 6.42 Å². The van der Waals surface area contributed by atoms with Crippen LogP contribution in [0.25, 0.3) is 11.0 Å². The van der Waals surface area contributed by atoms with Gasteiger partial charge in [0.1, 0.15) is 15.9 Å². The van der Waals surface area contributed by atoms with E-state index in [1.807, 2.05) is 30.3 Å². The van der Waals surface area contributed by atoms with E-state index < -0.39 is 16.9 Å². The number of terminal acetylenes is 1. The summed E-state index contributed by atoms with van der Waals surface area (Å²) >= 11 is 0.689. The first-order valence-electron chi connectivity index (χ1n) is 7.09. The highest BCUT2D eigenvalue weighted by Crippen LogP contribution is 2.30. The van der Waals surface area contributed by atoms with E-state index in [-0.39, 0.29) is 15.9 Å². The van der Waals surface area contributed by atoms with Crippen molar-refractivity contribution in [2.24, 2.45) is 0 Å². The normalized spacial score (nSPS) is 10.7. The number of rotatable bonds is 3. The zero-order chi connectivity index (χ0) is 17.3. The minimum atomic E-state index is -0.762. The Balaban J connectivity index is 2.28. The molecule has 0 amide bonds. The molecule has 0 aliphatic carbocycles. The fraction of sp³-hybridized carbons (Fsp3) is 0.111. The first kappa shape index (κ1) is 16.0. The van der Waals surface area contributed by atoms with Gasteiger partial charge in [0.25, 0.3) is 5.56 Å². The summed E-state index contributed by atoms with van der Waals surface area (Å²) in [7, 11) is 0. The third-order valence-corrected chi connectivity index (χ3v) is 4.34. The lowest BCUT2D eigenvalue weighted by Gasteiger charge is -2.12. The first-order chi connectivity index (χ1) is 11.5. The Kier molecular flexibility index (Phi) is 4.19. The van der Waals surface area contributed by atoms with Gasteiger partial charge in [0.15, 0.2) is 5.75 Å². The summed E-state index contributed by atoms with van der Waals surface area (Å²) in [6.07, 6.45) is 5.17. The van der Waals surface area contributed by atoms with Gasteiger partial charge in [-0.1, -0.05) is 30.3 Å². The van der Waals surface area contributed by atoms with Gasteiger partial charge < -0.3 is 14.1 Å². The number of hydrogen-bond donors (Lipinski definition) is 1. The van der Waals surface area contributed by atoms with Crippen molar-refractivity contribution in [1.29, 1.82) is 0 Å². The molecule has 3 aromatic rings. The van der Waals surface area contributed by atoms with Gasteiger partial charge in [0, 0.05) is 11.8 Å². The van der Waals surface area contributed by atoms with Crippen LogP contribution in [0.1, 0.15) is 11.3 Å². The second kappa shape index (κ2) is 6.30. The smallest absolute Gasteiger partial charge is 0.354 e. The SMILES string of the molecule is C#CSc1c(O)c2c(=O)n(Cc3ccccc3)c(C)cc2oc1=O. The molecule has 0 radical (unpaired) electrons. The number of aromatic hydroxyl groups is 1. The number of aryl methyl sites for hydroxylation is 1. The molecule has 0 aliphatic rings. The third-order valence-electron chi connectivity index (χ3n) is 3.66. The molecule has 24 heavy (non-hydrogen) atoms. The molecule has 0 spiro atoms. The number of hydrogen-bond acceptors (Lipinski definition) is 5. The van der Waals surface area contributed by atoms with Crippen LogP contribution in [0.5, 0.6) is 5.75 Å². The molecule has 0 atom stereocenters. The summed E-state index contributed by atoms with van der Waals surface area (Å²) in [4.78, 5) is 24.6. The average Bonchev–Trinajstić information content (AvgIpc) is 2.56. The van der Waals surface area contributed by atoms with Crippen LogP contribution in [-0.2, 0) is 6.54 Å². The molecule has 120 valence electrons. The molecular formula is C18H13NO4S. The lowest BCUT2D eigenvalue weighted by Crippen LogP contribution is -2.24. The molecule has 0 bridgehead atoms.